The first-order valence-corrected chi connectivity index (χ1v) is 7.43. The Labute approximate surface area is 129 Å². The quantitative estimate of drug-likeness (QED) is 0.760. The van der Waals surface area contributed by atoms with Gasteiger partial charge in [0.05, 0.1) is 12.1 Å². The van der Waals surface area contributed by atoms with E-state index in [0.717, 1.165) is 23.5 Å². The number of fused-ring (bicyclic) bond motifs is 1. The number of nitrogens with zero attached hydrogens (tertiary/aromatic N) is 2. The summed E-state index contributed by atoms with van der Waals surface area (Å²) in [7, 11) is 0. The normalized spacial score (nSPS) is 23.2. The predicted octanol–water partition coefficient (Wildman–Crippen LogP) is 0.598. The maximum Gasteiger partial charge on any atom is 0.231 e. The maximum absolute atomic E-state index is 5.82. The average molecular weight is 303 g/mol. The largest absolute Gasteiger partial charge is 0.454 e. The molecule has 7 nitrogen and oxygen atoms in total. The Morgan fingerprint density at radius 1 is 1.27 bits per heavy atom. The van der Waals surface area contributed by atoms with Crippen LogP contribution in [0, 0.1) is 0 Å². The van der Waals surface area contributed by atoms with Crippen molar-refractivity contribution in [2.45, 2.75) is 32.4 Å². The number of hydrogen-bond acceptors (Lipinski definition) is 7. The van der Waals surface area contributed by atoms with Crippen LogP contribution in [0.25, 0.3) is 0 Å². The highest BCUT2D eigenvalue weighted by atomic mass is 16.7. The van der Waals surface area contributed by atoms with Crippen molar-refractivity contribution in [3.05, 3.63) is 23.8 Å². The molecule has 2 aliphatic heterocycles. The number of para-hydroxylation sites is 1. The topological polar surface area (TPSA) is 93.3 Å². The second kappa shape index (κ2) is 6.13. The van der Waals surface area contributed by atoms with Crippen LogP contribution < -0.4 is 25.8 Å². The minimum atomic E-state index is 0.0646. The van der Waals surface area contributed by atoms with E-state index in [2.05, 4.69) is 20.6 Å². The number of nitrogens with one attached hydrogen (secondary N) is 2. The minimum Gasteiger partial charge on any atom is -0.454 e. The summed E-state index contributed by atoms with van der Waals surface area (Å²) in [6, 6.07) is 6.07. The number of rotatable bonds is 3. The molecule has 0 radical (unpaired) electrons. The highest BCUT2D eigenvalue weighted by molar-refractivity contribution is 5.98. The molecule has 7 heteroatoms. The fourth-order valence-electron chi connectivity index (χ4n) is 2.42. The molecule has 0 saturated carbocycles. The van der Waals surface area contributed by atoms with Crippen LogP contribution in [-0.2, 0) is 6.42 Å². The fourth-order valence-corrected chi connectivity index (χ4v) is 2.42. The SMILES string of the molecule is CC1N=C(N)NC(NCCc2cccc3c2OCO3)=NC1C. The van der Waals surface area contributed by atoms with E-state index in [1.807, 2.05) is 32.0 Å². The van der Waals surface area contributed by atoms with E-state index in [9.17, 15) is 0 Å². The Balaban J connectivity index is 1.61. The lowest BCUT2D eigenvalue weighted by molar-refractivity contribution is 0.173. The van der Waals surface area contributed by atoms with Gasteiger partial charge in [0.2, 0.25) is 6.79 Å². The van der Waals surface area contributed by atoms with Gasteiger partial charge in [0, 0.05) is 6.54 Å². The molecule has 0 amide bonds. The van der Waals surface area contributed by atoms with Crippen molar-refractivity contribution in [3.8, 4) is 11.5 Å². The lowest BCUT2D eigenvalue weighted by Crippen LogP contribution is -2.44. The van der Waals surface area contributed by atoms with Gasteiger partial charge in [-0.1, -0.05) is 12.1 Å². The van der Waals surface area contributed by atoms with Crippen LogP contribution in [0.4, 0.5) is 0 Å². The molecule has 0 bridgehead atoms. The molecule has 3 rings (SSSR count). The summed E-state index contributed by atoms with van der Waals surface area (Å²) in [5.74, 6) is 2.69. The first-order chi connectivity index (χ1) is 10.6. The van der Waals surface area contributed by atoms with Crippen LogP contribution in [0.15, 0.2) is 28.2 Å². The van der Waals surface area contributed by atoms with Gasteiger partial charge in [-0.05, 0) is 31.9 Å². The number of hydrogen-bond donors (Lipinski definition) is 3. The third kappa shape index (κ3) is 3.08. The van der Waals surface area contributed by atoms with Crippen molar-refractivity contribution < 1.29 is 9.47 Å². The summed E-state index contributed by atoms with van der Waals surface area (Å²) >= 11 is 0. The van der Waals surface area contributed by atoms with E-state index in [1.165, 1.54) is 0 Å². The smallest absolute Gasteiger partial charge is 0.231 e. The molecule has 0 fully saturated rings. The van der Waals surface area contributed by atoms with Crippen molar-refractivity contribution >= 4 is 11.9 Å². The molecule has 4 N–H and O–H groups in total. The van der Waals surface area contributed by atoms with E-state index in [0.29, 0.717) is 18.5 Å². The number of aliphatic imine (C=N–C) groups is 2. The minimum absolute atomic E-state index is 0.0646. The van der Waals surface area contributed by atoms with E-state index in [1.54, 1.807) is 0 Å². The van der Waals surface area contributed by atoms with E-state index in [4.69, 9.17) is 15.2 Å². The van der Waals surface area contributed by atoms with Gasteiger partial charge in [-0.25, -0.2) is 9.98 Å². The average Bonchev–Trinajstić information content (AvgIpc) is 2.91. The Morgan fingerprint density at radius 2 is 2.09 bits per heavy atom. The molecule has 0 spiro atoms. The Hall–Kier alpha value is -2.44. The van der Waals surface area contributed by atoms with Crippen molar-refractivity contribution in [2.75, 3.05) is 13.3 Å². The fraction of sp³-hybridized carbons (Fsp3) is 0.467. The van der Waals surface area contributed by atoms with Crippen molar-refractivity contribution in [1.29, 1.82) is 0 Å². The molecule has 2 unspecified atom stereocenters. The van der Waals surface area contributed by atoms with E-state index < -0.39 is 0 Å². The lowest BCUT2D eigenvalue weighted by Gasteiger charge is -2.12. The monoisotopic (exact) mass is 303 g/mol. The Kier molecular flexibility index (Phi) is 4.04. The summed E-state index contributed by atoms with van der Waals surface area (Å²) in [5, 5.41) is 6.25. The summed E-state index contributed by atoms with van der Waals surface area (Å²) < 4.78 is 10.9. The molecule has 0 aliphatic carbocycles. The molecule has 2 aliphatic rings. The molecule has 118 valence electrons. The molecule has 2 heterocycles. The van der Waals surface area contributed by atoms with Crippen LogP contribution in [-0.4, -0.2) is 37.3 Å². The van der Waals surface area contributed by atoms with Crippen LogP contribution in [0.1, 0.15) is 19.4 Å². The van der Waals surface area contributed by atoms with Crippen molar-refractivity contribution in [3.63, 3.8) is 0 Å². The Morgan fingerprint density at radius 3 is 2.95 bits per heavy atom. The van der Waals surface area contributed by atoms with Gasteiger partial charge in [-0.2, -0.15) is 0 Å². The highest BCUT2D eigenvalue weighted by Gasteiger charge is 2.18. The van der Waals surface area contributed by atoms with Gasteiger partial charge >= 0.3 is 0 Å². The first-order valence-electron chi connectivity index (χ1n) is 7.43. The zero-order valence-electron chi connectivity index (χ0n) is 12.8. The predicted molar refractivity (Wildman–Crippen MR) is 85.4 cm³/mol. The van der Waals surface area contributed by atoms with E-state index in [-0.39, 0.29) is 18.9 Å². The maximum atomic E-state index is 5.82. The molecule has 1 aromatic carbocycles. The zero-order chi connectivity index (χ0) is 15.5. The number of nitrogens with two attached hydrogens (primary N) is 1. The van der Waals surface area contributed by atoms with Gasteiger partial charge < -0.3 is 20.5 Å². The van der Waals surface area contributed by atoms with E-state index >= 15 is 0 Å². The Bertz CT molecular complexity index is 614. The van der Waals surface area contributed by atoms with Gasteiger partial charge in [-0.15, -0.1) is 0 Å². The van der Waals surface area contributed by atoms with Gasteiger partial charge in [0.25, 0.3) is 0 Å². The molecular formula is C15H21N5O2. The molecule has 0 aromatic heterocycles. The molecular weight excluding hydrogens is 282 g/mol. The summed E-state index contributed by atoms with van der Waals surface area (Å²) in [6.07, 6.45) is 0.800. The standard InChI is InChI=1S/C15H21N5O2/c1-9-10(2)19-15(20-14(16)18-9)17-7-6-11-4-3-5-12-13(11)22-8-21-12/h3-5,9-10H,6-8H2,1-2H3,(H4,16,17,18,19,20). The second-order valence-corrected chi connectivity index (χ2v) is 5.43. The van der Waals surface area contributed by atoms with Gasteiger partial charge in [0.15, 0.2) is 23.4 Å². The molecule has 22 heavy (non-hydrogen) atoms. The van der Waals surface area contributed by atoms with Gasteiger partial charge in [-0.3, -0.25) is 5.32 Å². The van der Waals surface area contributed by atoms with Crippen molar-refractivity contribution in [1.82, 2.24) is 10.6 Å². The third-order valence-corrected chi connectivity index (χ3v) is 3.78. The third-order valence-electron chi connectivity index (χ3n) is 3.78. The van der Waals surface area contributed by atoms with Crippen molar-refractivity contribution in [2.24, 2.45) is 15.7 Å². The highest BCUT2D eigenvalue weighted by Crippen LogP contribution is 2.35. The first kappa shape index (κ1) is 14.5. The number of guanidine groups is 2. The summed E-state index contributed by atoms with van der Waals surface area (Å²) in [6.45, 7) is 5.01. The van der Waals surface area contributed by atoms with Crippen LogP contribution in [0.3, 0.4) is 0 Å². The lowest BCUT2D eigenvalue weighted by atomic mass is 10.1. The zero-order valence-corrected chi connectivity index (χ0v) is 12.8. The summed E-state index contributed by atoms with van der Waals surface area (Å²) in [4.78, 5) is 8.87. The summed E-state index contributed by atoms with van der Waals surface area (Å²) in [5.41, 5.74) is 6.93. The van der Waals surface area contributed by atoms with Crippen LogP contribution in [0.5, 0.6) is 11.5 Å². The number of ether oxygens (including phenoxy) is 2. The van der Waals surface area contributed by atoms with Crippen LogP contribution >= 0.6 is 0 Å². The van der Waals surface area contributed by atoms with Gasteiger partial charge in [0.1, 0.15) is 0 Å². The van der Waals surface area contributed by atoms with Crippen LogP contribution in [0.2, 0.25) is 0 Å². The number of benzene rings is 1. The molecule has 2 atom stereocenters. The molecule has 1 aromatic rings. The molecule has 0 saturated heterocycles. The second-order valence-electron chi connectivity index (χ2n) is 5.43.